The number of carbonyl (C=O) groups is 1. The molecule has 2 unspecified atom stereocenters. The molecular formula is C19H23N3O3S. The van der Waals surface area contributed by atoms with Crippen molar-refractivity contribution in [1.29, 1.82) is 0 Å². The van der Waals surface area contributed by atoms with Crippen molar-refractivity contribution in [3.8, 4) is 5.75 Å². The Morgan fingerprint density at radius 2 is 2.12 bits per heavy atom. The van der Waals surface area contributed by atoms with E-state index >= 15 is 0 Å². The number of hydrogen-bond donors (Lipinski definition) is 2. The lowest BCUT2D eigenvalue weighted by molar-refractivity contribution is -0.130. The summed E-state index contributed by atoms with van der Waals surface area (Å²) < 4.78 is 6.22. The molecule has 0 spiro atoms. The van der Waals surface area contributed by atoms with Gasteiger partial charge in [0.1, 0.15) is 5.75 Å². The summed E-state index contributed by atoms with van der Waals surface area (Å²) in [7, 11) is 1.63. The third-order valence-corrected chi connectivity index (χ3v) is 8.04. The maximum Gasteiger partial charge on any atom is 0.233 e. The zero-order valence-corrected chi connectivity index (χ0v) is 16.2. The predicted octanol–water partition coefficient (Wildman–Crippen LogP) is 4.29. The van der Waals surface area contributed by atoms with Crippen LogP contribution >= 0.6 is 11.3 Å². The second-order valence-electron chi connectivity index (χ2n) is 8.07. The lowest BCUT2D eigenvalue weighted by Gasteiger charge is -2.39. The van der Waals surface area contributed by atoms with Crippen molar-refractivity contribution in [3.63, 3.8) is 0 Å². The summed E-state index contributed by atoms with van der Waals surface area (Å²) in [6.07, 6.45) is 2.14. The molecule has 26 heavy (non-hydrogen) atoms. The van der Waals surface area contributed by atoms with Gasteiger partial charge in [0.25, 0.3) is 0 Å². The standard InChI is InChI=1S/C19H23N3O3S/c1-17(2)18(3)7-8-19(17,10-14(18)22-24)15(23)21-16-20-12-6-5-11(25-4)9-13(12)26-16/h5-6,9,24H,7-8,10H2,1-4H3,(H,20,21,23)/b22-14+. The van der Waals surface area contributed by atoms with Crippen molar-refractivity contribution in [2.75, 3.05) is 12.4 Å². The zero-order chi connectivity index (χ0) is 18.7. The monoisotopic (exact) mass is 373 g/mol. The van der Waals surface area contributed by atoms with Gasteiger partial charge in [0.05, 0.1) is 28.5 Å². The maximum atomic E-state index is 13.3. The number of nitrogens with one attached hydrogen (secondary N) is 1. The number of oxime groups is 1. The van der Waals surface area contributed by atoms with Gasteiger partial charge in [0.15, 0.2) is 5.13 Å². The van der Waals surface area contributed by atoms with Crippen LogP contribution in [0.5, 0.6) is 5.75 Å². The van der Waals surface area contributed by atoms with Crippen molar-refractivity contribution in [2.24, 2.45) is 21.4 Å². The SMILES string of the molecule is COc1ccc2nc(NC(=O)C34CCC(C)(/C(=N/O)C3)C4(C)C)sc2c1. The molecule has 1 aromatic heterocycles. The Kier molecular flexibility index (Phi) is 3.60. The number of fused-ring (bicyclic) bond motifs is 3. The Hall–Kier alpha value is -2.15. The Morgan fingerprint density at radius 1 is 1.35 bits per heavy atom. The summed E-state index contributed by atoms with van der Waals surface area (Å²) in [4.78, 5) is 17.8. The first-order valence-corrected chi connectivity index (χ1v) is 9.56. The molecule has 2 aromatic rings. The fourth-order valence-corrected chi connectivity index (χ4v) is 5.73. The van der Waals surface area contributed by atoms with Crippen LogP contribution in [0.2, 0.25) is 0 Å². The summed E-state index contributed by atoms with van der Waals surface area (Å²) in [5, 5.41) is 16.6. The van der Waals surface area contributed by atoms with Crippen LogP contribution in [-0.2, 0) is 4.79 Å². The second-order valence-corrected chi connectivity index (χ2v) is 9.10. The lowest BCUT2D eigenvalue weighted by atomic mass is 9.64. The van der Waals surface area contributed by atoms with E-state index in [9.17, 15) is 10.0 Å². The number of ether oxygens (including phenoxy) is 1. The van der Waals surface area contributed by atoms with Crippen LogP contribution in [0, 0.1) is 16.2 Å². The van der Waals surface area contributed by atoms with E-state index in [2.05, 4.69) is 36.2 Å². The minimum Gasteiger partial charge on any atom is -0.497 e. The molecule has 138 valence electrons. The number of methoxy groups -OCH3 is 1. The first-order valence-electron chi connectivity index (χ1n) is 8.75. The molecule has 2 bridgehead atoms. The molecule has 6 nitrogen and oxygen atoms in total. The van der Waals surface area contributed by atoms with Gasteiger partial charge in [-0.1, -0.05) is 37.3 Å². The van der Waals surface area contributed by atoms with Crippen molar-refractivity contribution in [1.82, 2.24) is 4.98 Å². The first kappa shape index (κ1) is 17.3. The molecule has 1 heterocycles. The first-order chi connectivity index (χ1) is 12.3. The summed E-state index contributed by atoms with van der Waals surface area (Å²) in [5.41, 5.74) is 0.464. The van der Waals surface area contributed by atoms with E-state index in [-0.39, 0.29) is 16.7 Å². The second kappa shape index (κ2) is 5.42. The van der Waals surface area contributed by atoms with Crippen LogP contribution in [0.15, 0.2) is 23.4 Å². The van der Waals surface area contributed by atoms with Gasteiger partial charge in [-0.2, -0.15) is 0 Å². The van der Waals surface area contributed by atoms with Crippen LogP contribution < -0.4 is 10.1 Å². The molecule has 2 N–H and O–H groups in total. The van der Waals surface area contributed by atoms with E-state index in [0.717, 1.165) is 34.5 Å². The summed E-state index contributed by atoms with van der Waals surface area (Å²) in [6.45, 7) is 6.33. The normalized spacial score (nSPS) is 30.8. The van der Waals surface area contributed by atoms with Crippen LogP contribution in [0.1, 0.15) is 40.0 Å². The number of thiazole rings is 1. The Balaban J connectivity index is 1.66. The third-order valence-electron chi connectivity index (χ3n) is 7.11. The minimum absolute atomic E-state index is 0.0316. The summed E-state index contributed by atoms with van der Waals surface area (Å²) in [5.74, 6) is 0.737. The average Bonchev–Trinajstić information content (AvgIpc) is 3.16. The van der Waals surface area contributed by atoms with Gasteiger partial charge >= 0.3 is 0 Å². The molecule has 0 radical (unpaired) electrons. The number of carbonyl (C=O) groups excluding carboxylic acids is 1. The average molecular weight is 373 g/mol. The van der Waals surface area contributed by atoms with Crippen LogP contribution in [-0.4, -0.2) is 28.9 Å². The molecule has 1 amide bonds. The summed E-state index contributed by atoms with van der Waals surface area (Å²) in [6, 6.07) is 5.67. The van der Waals surface area contributed by atoms with Crippen molar-refractivity contribution < 1.29 is 14.7 Å². The Bertz CT molecular complexity index is 935. The van der Waals surface area contributed by atoms with Gasteiger partial charge < -0.3 is 15.3 Å². The molecule has 2 atom stereocenters. The number of hydrogen-bond acceptors (Lipinski definition) is 6. The van der Waals surface area contributed by atoms with Crippen molar-refractivity contribution in [3.05, 3.63) is 18.2 Å². The molecule has 1 aromatic carbocycles. The smallest absolute Gasteiger partial charge is 0.233 e. The largest absolute Gasteiger partial charge is 0.497 e. The predicted molar refractivity (Wildman–Crippen MR) is 102 cm³/mol. The quantitative estimate of drug-likeness (QED) is 0.621. The van der Waals surface area contributed by atoms with Crippen LogP contribution in [0.25, 0.3) is 10.2 Å². The minimum atomic E-state index is -0.571. The number of aromatic nitrogens is 1. The van der Waals surface area contributed by atoms with Gasteiger partial charge in [-0.15, -0.1) is 0 Å². The highest BCUT2D eigenvalue weighted by Crippen LogP contribution is 2.71. The summed E-state index contributed by atoms with van der Waals surface area (Å²) >= 11 is 1.44. The number of benzene rings is 1. The topological polar surface area (TPSA) is 83.8 Å². The molecule has 0 aliphatic heterocycles. The van der Waals surface area contributed by atoms with Crippen LogP contribution in [0.4, 0.5) is 5.13 Å². The van der Waals surface area contributed by atoms with Gasteiger partial charge in [0.2, 0.25) is 5.91 Å². The number of anilines is 1. The molecule has 0 saturated heterocycles. The molecule has 2 aliphatic carbocycles. The Morgan fingerprint density at radius 3 is 2.77 bits per heavy atom. The van der Waals surface area contributed by atoms with Gasteiger partial charge in [-0.25, -0.2) is 4.98 Å². The molecule has 2 aliphatic rings. The van der Waals surface area contributed by atoms with E-state index in [1.54, 1.807) is 7.11 Å². The van der Waals surface area contributed by atoms with Crippen molar-refractivity contribution >= 4 is 38.3 Å². The zero-order valence-electron chi connectivity index (χ0n) is 15.4. The van der Waals surface area contributed by atoms with Gasteiger partial charge in [-0.3, -0.25) is 4.79 Å². The van der Waals surface area contributed by atoms with Gasteiger partial charge in [0, 0.05) is 11.8 Å². The van der Waals surface area contributed by atoms with E-state index < -0.39 is 5.41 Å². The highest BCUT2D eigenvalue weighted by molar-refractivity contribution is 7.22. The van der Waals surface area contributed by atoms with Crippen molar-refractivity contribution in [2.45, 2.75) is 40.0 Å². The number of amides is 1. The molecular weight excluding hydrogens is 350 g/mol. The van der Waals surface area contributed by atoms with Gasteiger partial charge in [-0.05, 0) is 36.5 Å². The fraction of sp³-hybridized carbons (Fsp3) is 0.526. The lowest BCUT2D eigenvalue weighted by Crippen LogP contribution is -2.43. The van der Waals surface area contributed by atoms with Crippen LogP contribution in [0.3, 0.4) is 0 Å². The van der Waals surface area contributed by atoms with E-state index in [1.807, 2.05) is 18.2 Å². The molecule has 2 fully saturated rings. The third kappa shape index (κ3) is 2.00. The van der Waals surface area contributed by atoms with E-state index in [4.69, 9.17) is 4.74 Å². The highest BCUT2D eigenvalue weighted by atomic mass is 32.1. The van der Waals surface area contributed by atoms with E-state index in [0.29, 0.717) is 11.6 Å². The number of nitrogens with zero attached hydrogens (tertiary/aromatic N) is 2. The maximum absolute atomic E-state index is 13.3. The molecule has 4 rings (SSSR count). The Labute approximate surface area is 156 Å². The highest BCUT2D eigenvalue weighted by Gasteiger charge is 2.71. The molecule has 7 heteroatoms. The fourth-order valence-electron chi connectivity index (χ4n) is 4.84. The van der Waals surface area contributed by atoms with E-state index in [1.165, 1.54) is 11.3 Å². The number of rotatable bonds is 3. The molecule has 2 saturated carbocycles.